The monoisotopic (exact) mass is 417 g/mol. The number of hydrogen-bond donors (Lipinski definition) is 1. The van der Waals surface area contributed by atoms with Crippen LogP contribution in [0.4, 0.5) is 10.1 Å². The fraction of sp³-hybridized carbons (Fsp3) is 0.353. The summed E-state index contributed by atoms with van der Waals surface area (Å²) in [5, 5.41) is 2.50. The Hall–Kier alpha value is -1.48. The smallest absolute Gasteiger partial charge is 0.256 e. The molecule has 2 aromatic rings. The number of halogens is 2. The van der Waals surface area contributed by atoms with Crippen LogP contribution < -0.4 is 5.32 Å². The van der Waals surface area contributed by atoms with Gasteiger partial charge in [-0.15, -0.1) is 11.3 Å². The Kier molecular flexibility index (Phi) is 5.13. The lowest BCUT2D eigenvalue weighted by atomic mass is 9.92. The second-order valence-electron chi connectivity index (χ2n) is 6.68. The van der Waals surface area contributed by atoms with E-state index >= 15 is 0 Å². The fourth-order valence-electron chi connectivity index (χ4n) is 2.67. The Morgan fingerprint density at radius 1 is 1.38 bits per heavy atom. The van der Waals surface area contributed by atoms with Gasteiger partial charge in [0.1, 0.15) is 10.0 Å². The quantitative estimate of drug-likeness (QED) is 0.800. The molecule has 1 aliphatic heterocycles. The SMILES string of the molecule is Cc1sc(S(=O)(=O)CC2(C)COC2)cc1C(=O)Nc1ccc(F)c(Cl)c1. The number of rotatable bonds is 5. The summed E-state index contributed by atoms with van der Waals surface area (Å²) in [7, 11) is -3.51. The van der Waals surface area contributed by atoms with Crippen molar-refractivity contribution in [3.63, 3.8) is 0 Å². The summed E-state index contributed by atoms with van der Waals surface area (Å²) in [6.45, 7) is 4.37. The summed E-state index contributed by atoms with van der Waals surface area (Å²) >= 11 is 6.77. The Balaban J connectivity index is 1.80. The molecule has 1 aromatic carbocycles. The van der Waals surface area contributed by atoms with Gasteiger partial charge in [-0.3, -0.25) is 4.79 Å². The van der Waals surface area contributed by atoms with E-state index in [1.165, 1.54) is 18.2 Å². The van der Waals surface area contributed by atoms with E-state index in [1.807, 2.05) is 6.92 Å². The van der Waals surface area contributed by atoms with Crippen LogP contribution >= 0.6 is 22.9 Å². The maximum Gasteiger partial charge on any atom is 0.256 e. The van der Waals surface area contributed by atoms with E-state index < -0.39 is 21.6 Å². The van der Waals surface area contributed by atoms with Crippen molar-refractivity contribution in [1.82, 2.24) is 0 Å². The van der Waals surface area contributed by atoms with Crippen molar-refractivity contribution >= 4 is 44.4 Å². The molecule has 1 amide bonds. The van der Waals surface area contributed by atoms with Gasteiger partial charge in [0.15, 0.2) is 9.84 Å². The first-order valence-corrected chi connectivity index (χ1v) is 10.6. The van der Waals surface area contributed by atoms with Gasteiger partial charge in [-0.25, -0.2) is 12.8 Å². The van der Waals surface area contributed by atoms with Crippen molar-refractivity contribution < 1.29 is 22.3 Å². The third-order valence-electron chi connectivity index (χ3n) is 4.06. The first-order chi connectivity index (χ1) is 12.1. The Bertz CT molecular complexity index is 967. The first kappa shape index (κ1) is 19.3. The van der Waals surface area contributed by atoms with E-state index in [1.54, 1.807) is 6.92 Å². The van der Waals surface area contributed by atoms with Gasteiger partial charge in [-0.05, 0) is 31.2 Å². The van der Waals surface area contributed by atoms with Crippen LogP contribution in [0.25, 0.3) is 0 Å². The lowest BCUT2D eigenvalue weighted by molar-refractivity contribution is -0.0869. The van der Waals surface area contributed by atoms with E-state index in [0.29, 0.717) is 23.8 Å². The van der Waals surface area contributed by atoms with Crippen molar-refractivity contribution in [2.75, 3.05) is 24.3 Å². The third kappa shape index (κ3) is 3.93. The second kappa shape index (κ2) is 6.92. The summed E-state index contributed by atoms with van der Waals surface area (Å²) in [5.74, 6) is -1.08. The van der Waals surface area contributed by atoms with Gasteiger partial charge in [0.2, 0.25) is 0 Å². The molecule has 9 heteroatoms. The number of carbonyl (C=O) groups excluding carboxylic acids is 1. The second-order valence-corrected chi connectivity index (χ2v) is 10.6. The van der Waals surface area contributed by atoms with Crippen molar-refractivity contribution in [2.24, 2.45) is 5.41 Å². The molecular formula is C17H17ClFNO4S2. The minimum atomic E-state index is -3.51. The molecule has 1 aromatic heterocycles. The molecule has 0 aliphatic carbocycles. The number of sulfone groups is 1. The summed E-state index contributed by atoms with van der Waals surface area (Å²) in [5.41, 5.74) is 0.212. The van der Waals surface area contributed by atoms with Crippen molar-refractivity contribution in [2.45, 2.75) is 18.1 Å². The molecule has 1 N–H and O–H groups in total. The molecular weight excluding hydrogens is 401 g/mol. The molecule has 1 aliphatic rings. The molecule has 2 heterocycles. The van der Waals surface area contributed by atoms with E-state index in [9.17, 15) is 17.6 Å². The Morgan fingerprint density at radius 2 is 2.08 bits per heavy atom. The molecule has 1 saturated heterocycles. The van der Waals surface area contributed by atoms with Crippen LogP contribution in [0.2, 0.25) is 5.02 Å². The summed E-state index contributed by atoms with van der Waals surface area (Å²) in [6, 6.07) is 5.22. The first-order valence-electron chi connectivity index (χ1n) is 7.77. The molecule has 5 nitrogen and oxygen atoms in total. The van der Waals surface area contributed by atoms with Gasteiger partial charge in [0.25, 0.3) is 5.91 Å². The molecule has 140 valence electrons. The van der Waals surface area contributed by atoms with E-state index in [0.717, 1.165) is 17.4 Å². The summed E-state index contributed by atoms with van der Waals surface area (Å²) in [6.07, 6.45) is 0. The molecule has 0 bridgehead atoms. The zero-order chi connectivity index (χ0) is 19.1. The molecule has 0 spiro atoms. The predicted molar refractivity (Wildman–Crippen MR) is 99.4 cm³/mol. The predicted octanol–water partition coefficient (Wildman–Crippen LogP) is 3.91. The van der Waals surface area contributed by atoms with Crippen LogP contribution in [-0.2, 0) is 14.6 Å². The number of amides is 1. The molecule has 0 atom stereocenters. The van der Waals surface area contributed by atoms with Gasteiger partial charge in [0.05, 0.1) is 29.6 Å². The van der Waals surface area contributed by atoms with Crippen LogP contribution in [0.1, 0.15) is 22.2 Å². The normalized spacial score (nSPS) is 16.2. The van der Waals surface area contributed by atoms with Gasteiger partial charge < -0.3 is 10.1 Å². The Labute approximate surface area is 160 Å². The highest BCUT2D eigenvalue weighted by molar-refractivity contribution is 7.93. The van der Waals surface area contributed by atoms with E-state index in [2.05, 4.69) is 5.32 Å². The number of thiophene rings is 1. The van der Waals surface area contributed by atoms with Crippen molar-refractivity contribution in [3.8, 4) is 0 Å². The lowest BCUT2D eigenvalue weighted by Gasteiger charge is -2.37. The summed E-state index contributed by atoms with van der Waals surface area (Å²) < 4.78 is 43.7. The lowest BCUT2D eigenvalue weighted by Crippen LogP contribution is -2.45. The van der Waals surface area contributed by atoms with Crippen LogP contribution in [0.15, 0.2) is 28.5 Å². The number of hydrogen-bond acceptors (Lipinski definition) is 5. The largest absolute Gasteiger partial charge is 0.380 e. The Morgan fingerprint density at radius 3 is 2.65 bits per heavy atom. The van der Waals surface area contributed by atoms with Crippen LogP contribution in [0.3, 0.4) is 0 Å². The average molecular weight is 418 g/mol. The van der Waals surface area contributed by atoms with Crippen LogP contribution in [0, 0.1) is 18.2 Å². The number of anilines is 1. The van der Waals surface area contributed by atoms with Crippen LogP contribution in [0.5, 0.6) is 0 Å². The molecule has 0 saturated carbocycles. The molecule has 26 heavy (non-hydrogen) atoms. The topological polar surface area (TPSA) is 72.5 Å². The van der Waals surface area contributed by atoms with E-state index in [4.69, 9.17) is 16.3 Å². The van der Waals surface area contributed by atoms with Crippen molar-refractivity contribution in [3.05, 3.63) is 45.5 Å². The summed E-state index contributed by atoms with van der Waals surface area (Å²) in [4.78, 5) is 13.1. The standard InChI is InChI=1S/C17H17ClFNO4S2/c1-10-12(16(21)20-11-3-4-14(19)13(18)5-11)6-15(25-10)26(22,23)9-17(2)7-24-8-17/h3-6H,7-9H2,1-2H3,(H,20,21). The van der Waals surface area contributed by atoms with Gasteiger partial charge >= 0.3 is 0 Å². The number of carbonyl (C=O) groups is 1. The zero-order valence-electron chi connectivity index (χ0n) is 14.1. The minimum absolute atomic E-state index is 0.0193. The fourth-order valence-corrected chi connectivity index (χ4v) is 6.17. The highest BCUT2D eigenvalue weighted by atomic mass is 35.5. The third-order valence-corrected chi connectivity index (χ3v) is 8.02. The molecule has 1 fully saturated rings. The van der Waals surface area contributed by atoms with E-state index in [-0.39, 0.29) is 26.0 Å². The van der Waals surface area contributed by atoms with Gasteiger partial charge in [-0.2, -0.15) is 0 Å². The molecule has 3 rings (SSSR count). The maximum atomic E-state index is 13.2. The average Bonchev–Trinajstić information content (AvgIpc) is 2.92. The number of aryl methyl sites for hydroxylation is 1. The molecule has 0 unspecified atom stereocenters. The number of nitrogens with one attached hydrogen (secondary N) is 1. The number of benzene rings is 1. The molecule has 0 radical (unpaired) electrons. The number of ether oxygens (including phenoxy) is 1. The highest BCUT2D eigenvalue weighted by Crippen LogP contribution is 2.34. The highest BCUT2D eigenvalue weighted by Gasteiger charge is 2.39. The van der Waals surface area contributed by atoms with Crippen molar-refractivity contribution in [1.29, 1.82) is 0 Å². The minimum Gasteiger partial charge on any atom is -0.380 e. The van der Waals surface area contributed by atoms with Gasteiger partial charge in [-0.1, -0.05) is 18.5 Å². The maximum absolute atomic E-state index is 13.2. The van der Waals surface area contributed by atoms with Gasteiger partial charge in [0, 0.05) is 16.0 Å². The van der Waals surface area contributed by atoms with Crippen LogP contribution in [-0.4, -0.2) is 33.3 Å². The zero-order valence-corrected chi connectivity index (χ0v) is 16.5.